The molecule has 2 rings (SSSR count). The van der Waals surface area contributed by atoms with Crippen molar-refractivity contribution < 1.29 is 28.9 Å². The number of ether oxygens (including phenoxy) is 3. The van der Waals surface area contributed by atoms with Crippen molar-refractivity contribution in [2.75, 3.05) is 40.5 Å². The molecule has 1 atom stereocenters. The Morgan fingerprint density at radius 1 is 1.19 bits per heavy atom. The molecule has 1 aliphatic heterocycles. The minimum absolute atomic E-state index is 0.0373. The van der Waals surface area contributed by atoms with Crippen LogP contribution in [0.2, 0.25) is 0 Å². The summed E-state index contributed by atoms with van der Waals surface area (Å²) in [6.07, 6.45) is 2.11. The van der Waals surface area contributed by atoms with Gasteiger partial charge < -0.3 is 24.2 Å². The molecule has 7 nitrogen and oxygen atoms in total. The quantitative estimate of drug-likeness (QED) is 0.675. The molecule has 144 valence electrons. The Bertz CT molecular complexity index is 599. The first-order valence-electron chi connectivity index (χ1n) is 8.78. The Hall–Kier alpha value is -2.28. The predicted molar refractivity (Wildman–Crippen MR) is 95.5 cm³/mol. The summed E-state index contributed by atoms with van der Waals surface area (Å²) in [6, 6.07) is 7.26. The molecular weight excluding hydrogens is 338 g/mol. The number of piperidine rings is 1. The van der Waals surface area contributed by atoms with E-state index in [0.29, 0.717) is 38.8 Å². The first-order chi connectivity index (χ1) is 12.5. The van der Waals surface area contributed by atoms with Crippen molar-refractivity contribution in [2.24, 2.45) is 5.41 Å². The SMILES string of the molecule is COCC1(C(=O)O)CCCN(C(=O)CCCOc2ccc(OC)cc2)C1. The van der Waals surface area contributed by atoms with E-state index in [0.717, 1.165) is 11.5 Å². The highest BCUT2D eigenvalue weighted by Crippen LogP contribution is 2.31. The van der Waals surface area contributed by atoms with E-state index in [1.807, 2.05) is 24.3 Å². The lowest BCUT2D eigenvalue weighted by Crippen LogP contribution is -2.52. The predicted octanol–water partition coefficient (Wildman–Crippen LogP) is 2.19. The van der Waals surface area contributed by atoms with E-state index >= 15 is 0 Å². The van der Waals surface area contributed by atoms with Crippen LogP contribution in [0.15, 0.2) is 24.3 Å². The van der Waals surface area contributed by atoms with Crippen molar-refractivity contribution >= 4 is 11.9 Å². The van der Waals surface area contributed by atoms with E-state index in [4.69, 9.17) is 14.2 Å². The second kappa shape index (κ2) is 9.43. The Labute approximate surface area is 153 Å². The monoisotopic (exact) mass is 365 g/mol. The number of benzene rings is 1. The molecule has 7 heteroatoms. The number of carboxylic acid groups (broad SMARTS) is 1. The van der Waals surface area contributed by atoms with E-state index in [-0.39, 0.29) is 19.1 Å². The van der Waals surface area contributed by atoms with Crippen molar-refractivity contribution in [3.63, 3.8) is 0 Å². The van der Waals surface area contributed by atoms with Gasteiger partial charge in [-0.05, 0) is 43.5 Å². The molecule has 0 aliphatic carbocycles. The van der Waals surface area contributed by atoms with Gasteiger partial charge >= 0.3 is 5.97 Å². The van der Waals surface area contributed by atoms with Gasteiger partial charge in [-0.2, -0.15) is 0 Å². The molecule has 1 heterocycles. The second-order valence-corrected chi connectivity index (χ2v) is 6.56. The number of methoxy groups -OCH3 is 2. The summed E-state index contributed by atoms with van der Waals surface area (Å²) >= 11 is 0. The summed E-state index contributed by atoms with van der Waals surface area (Å²) < 4.78 is 15.8. The van der Waals surface area contributed by atoms with Crippen molar-refractivity contribution in [1.29, 1.82) is 0 Å². The molecule has 1 amide bonds. The van der Waals surface area contributed by atoms with Crippen LogP contribution in [0.4, 0.5) is 0 Å². The van der Waals surface area contributed by atoms with Crippen molar-refractivity contribution in [3.05, 3.63) is 24.3 Å². The van der Waals surface area contributed by atoms with Crippen LogP contribution in [0, 0.1) is 5.41 Å². The fraction of sp³-hybridized carbons (Fsp3) is 0.579. The largest absolute Gasteiger partial charge is 0.497 e. The third-order valence-electron chi connectivity index (χ3n) is 4.67. The first-order valence-corrected chi connectivity index (χ1v) is 8.78. The summed E-state index contributed by atoms with van der Waals surface area (Å²) in [5.74, 6) is 0.543. The van der Waals surface area contributed by atoms with Gasteiger partial charge in [0.25, 0.3) is 0 Å². The van der Waals surface area contributed by atoms with E-state index in [9.17, 15) is 14.7 Å². The summed E-state index contributed by atoms with van der Waals surface area (Å²) in [5.41, 5.74) is -0.998. The fourth-order valence-electron chi connectivity index (χ4n) is 3.22. The van der Waals surface area contributed by atoms with E-state index < -0.39 is 11.4 Å². The van der Waals surface area contributed by atoms with Crippen LogP contribution >= 0.6 is 0 Å². The molecule has 26 heavy (non-hydrogen) atoms. The van der Waals surface area contributed by atoms with Crippen LogP contribution in [-0.2, 0) is 14.3 Å². The number of carbonyl (C=O) groups excluding carboxylic acids is 1. The summed E-state index contributed by atoms with van der Waals surface area (Å²) in [6.45, 7) is 1.34. The number of carboxylic acids is 1. The van der Waals surface area contributed by atoms with E-state index in [2.05, 4.69) is 0 Å². The molecule has 1 fully saturated rings. The maximum atomic E-state index is 12.4. The molecule has 1 saturated heterocycles. The number of carbonyl (C=O) groups is 2. The number of amides is 1. The summed E-state index contributed by atoms with van der Waals surface area (Å²) in [5, 5.41) is 9.55. The van der Waals surface area contributed by atoms with Crippen LogP contribution in [0.25, 0.3) is 0 Å². The zero-order valence-corrected chi connectivity index (χ0v) is 15.4. The van der Waals surface area contributed by atoms with Crippen LogP contribution < -0.4 is 9.47 Å². The normalized spacial score (nSPS) is 19.8. The topological polar surface area (TPSA) is 85.3 Å². The van der Waals surface area contributed by atoms with Crippen molar-refractivity contribution in [2.45, 2.75) is 25.7 Å². The summed E-state index contributed by atoms with van der Waals surface area (Å²) in [7, 11) is 3.09. The van der Waals surface area contributed by atoms with Crippen molar-refractivity contribution in [1.82, 2.24) is 4.90 Å². The van der Waals surface area contributed by atoms with Gasteiger partial charge in [0.1, 0.15) is 16.9 Å². The number of nitrogens with zero attached hydrogens (tertiary/aromatic N) is 1. The van der Waals surface area contributed by atoms with Crippen LogP contribution in [0.3, 0.4) is 0 Å². The lowest BCUT2D eigenvalue weighted by Gasteiger charge is -2.39. The van der Waals surface area contributed by atoms with Crippen LogP contribution in [-0.4, -0.2) is 62.4 Å². The molecule has 1 aromatic rings. The lowest BCUT2D eigenvalue weighted by atomic mass is 9.80. The molecule has 0 bridgehead atoms. The molecule has 1 unspecified atom stereocenters. The Kier molecular flexibility index (Phi) is 7.26. The zero-order chi connectivity index (χ0) is 19.0. The fourth-order valence-corrected chi connectivity index (χ4v) is 3.22. The van der Waals surface area contributed by atoms with Crippen LogP contribution in [0.5, 0.6) is 11.5 Å². The maximum Gasteiger partial charge on any atom is 0.313 e. The average molecular weight is 365 g/mol. The average Bonchev–Trinajstić information content (AvgIpc) is 2.66. The number of hydrogen-bond donors (Lipinski definition) is 1. The highest BCUT2D eigenvalue weighted by Gasteiger charge is 2.43. The number of aliphatic carboxylic acids is 1. The Balaban J connectivity index is 1.78. The minimum atomic E-state index is -0.998. The first kappa shape index (κ1) is 20.0. The molecule has 0 aromatic heterocycles. The number of likely N-dealkylation sites (tertiary alicyclic amines) is 1. The minimum Gasteiger partial charge on any atom is -0.497 e. The molecule has 1 N–H and O–H groups in total. The smallest absolute Gasteiger partial charge is 0.313 e. The Morgan fingerprint density at radius 3 is 2.50 bits per heavy atom. The van der Waals surface area contributed by atoms with E-state index in [1.54, 1.807) is 12.0 Å². The molecule has 0 spiro atoms. The zero-order valence-electron chi connectivity index (χ0n) is 15.4. The van der Waals surface area contributed by atoms with Crippen LogP contribution in [0.1, 0.15) is 25.7 Å². The van der Waals surface area contributed by atoms with Gasteiger partial charge in [-0.15, -0.1) is 0 Å². The Morgan fingerprint density at radius 2 is 1.88 bits per heavy atom. The third kappa shape index (κ3) is 5.11. The third-order valence-corrected chi connectivity index (χ3v) is 4.67. The molecule has 0 radical (unpaired) electrons. The standard InChI is InChI=1S/C19H27NO6/c1-24-14-19(18(22)23)10-4-11-20(13-19)17(21)5-3-12-26-16-8-6-15(25-2)7-9-16/h6-9H,3-5,10-14H2,1-2H3,(H,22,23). The second-order valence-electron chi connectivity index (χ2n) is 6.56. The molecular formula is C19H27NO6. The highest BCUT2D eigenvalue weighted by atomic mass is 16.5. The number of rotatable bonds is 9. The van der Waals surface area contributed by atoms with Gasteiger partial charge in [0.05, 0.1) is 20.3 Å². The number of hydrogen-bond acceptors (Lipinski definition) is 5. The highest BCUT2D eigenvalue weighted by molar-refractivity contribution is 5.79. The lowest BCUT2D eigenvalue weighted by molar-refractivity contribution is -0.159. The van der Waals surface area contributed by atoms with E-state index in [1.165, 1.54) is 7.11 Å². The van der Waals surface area contributed by atoms with Gasteiger partial charge in [-0.25, -0.2) is 0 Å². The van der Waals surface area contributed by atoms with Gasteiger partial charge in [0.2, 0.25) is 5.91 Å². The summed E-state index contributed by atoms with van der Waals surface area (Å²) in [4.78, 5) is 25.7. The van der Waals surface area contributed by atoms with Gasteiger partial charge in [0.15, 0.2) is 0 Å². The van der Waals surface area contributed by atoms with Gasteiger partial charge in [0, 0.05) is 26.6 Å². The van der Waals surface area contributed by atoms with Gasteiger partial charge in [-0.1, -0.05) is 0 Å². The van der Waals surface area contributed by atoms with Crippen molar-refractivity contribution in [3.8, 4) is 11.5 Å². The molecule has 1 aromatic carbocycles. The maximum absolute atomic E-state index is 12.4. The molecule has 0 saturated carbocycles. The van der Waals surface area contributed by atoms with Gasteiger partial charge in [-0.3, -0.25) is 9.59 Å². The molecule has 1 aliphatic rings.